The molecule has 0 radical (unpaired) electrons. The fourth-order valence-electron chi connectivity index (χ4n) is 1.82. The van der Waals surface area contributed by atoms with Gasteiger partial charge in [0.25, 0.3) is 0 Å². The summed E-state index contributed by atoms with van der Waals surface area (Å²) in [5.41, 5.74) is 0.386. The van der Waals surface area contributed by atoms with Gasteiger partial charge in [0.1, 0.15) is 5.60 Å². The Morgan fingerprint density at radius 1 is 1.58 bits per heavy atom. The Bertz CT molecular complexity index is 490. The van der Waals surface area contributed by atoms with Gasteiger partial charge in [0, 0.05) is 19.0 Å². The molecule has 1 aromatic heterocycles. The molecule has 0 aromatic carbocycles. The molecule has 2 rings (SSSR count). The molecule has 0 unspecified atom stereocenters. The molecule has 2 heterocycles. The second kappa shape index (κ2) is 5.21. The molecule has 104 valence electrons. The minimum atomic E-state index is -0.484. The summed E-state index contributed by atoms with van der Waals surface area (Å²) in [6.45, 7) is 6.16. The number of amides is 1. The second-order valence-electron chi connectivity index (χ2n) is 5.33. The number of nitrogens with one attached hydrogen (secondary N) is 1. The van der Waals surface area contributed by atoms with Crippen molar-refractivity contribution in [2.24, 2.45) is 0 Å². The van der Waals surface area contributed by atoms with Crippen LogP contribution in [0, 0.1) is 0 Å². The van der Waals surface area contributed by atoms with Gasteiger partial charge in [0.15, 0.2) is 5.13 Å². The van der Waals surface area contributed by atoms with Crippen LogP contribution in [0.4, 0.5) is 9.93 Å². The number of carbonyl (C=O) groups excluding carboxylic acids is 1. The Kier molecular flexibility index (Phi) is 3.80. The van der Waals surface area contributed by atoms with E-state index in [0.29, 0.717) is 6.54 Å². The topological polar surface area (TPSA) is 54.5 Å². The average molecular weight is 281 g/mol. The lowest BCUT2D eigenvalue weighted by atomic mass is 10.2. The average Bonchev–Trinajstić information content (AvgIpc) is 2.95. The Morgan fingerprint density at radius 2 is 2.32 bits per heavy atom. The van der Waals surface area contributed by atoms with Crippen LogP contribution >= 0.6 is 11.3 Å². The zero-order valence-electron chi connectivity index (χ0n) is 11.6. The third kappa shape index (κ3) is 3.26. The zero-order valence-corrected chi connectivity index (χ0v) is 12.5. The fourth-order valence-corrected chi connectivity index (χ4v) is 2.52. The fraction of sp³-hybridized carbons (Fsp3) is 0.538. The van der Waals surface area contributed by atoms with E-state index in [-0.39, 0.29) is 12.1 Å². The van der Waals surface area contributed by atoms with E-state index in [9.17, 15) is 4.79 Å². The molecule has 0 spiro atoms. The van der Waals surface area contributed by atoms with Crippen LogP contribution < -0.4 is 5.32 Å². The van der Waals surface area contributed by atoms with Crippen LogP contribution in [0.3, 0.4) is 0 Å². The Labute approximate surface area is 117 Å². The molecule has 1 aromatic rings. The third-order valence-electron chi connectivity index (χ3n) is 2.62. The highest BCUT2D eigenvalue weighted by atomic mass is 32.1. The van der Waals surface area contributed by atoms with E-state index in [2.05, 4.69) is 10.3 Å². The van der Waals surface area contributed by atoms with Gasteiger partial charge in [-0.25, -0.2) is 9.78 Å². The number of hydrogen-bond donors (Lipinski definition) is 1. The normalized spacial score (nSPS) is 18.7. The number of anilines is 1. The molecule has 0 fully saturated rings. The Morgan fingerprint density at radius 3 is 2.89 bits per heavy atom. The number of aromatic nitrogens is 1. The smallest absolute Gasteiger partial charge is 0.411 e. The Balaban J connectivity index is 2.12. The van der Waals surface area contributed by atoms with Crippen LogP contribution in [0.5, 0.6) is 0 Å². The summed E-state index contributed by atoms with van der Waals surface area (Å²) >= 11 is 1.53. The van der Waals surface area contributed by atoms with Gasteiger partial charge in [-0.3, -0.25) is 4.90 Å². The van der Waals surface area contributed by atoms with E-state index in [1.54, 1.807) is 4.90 Å². The molecule has 1 atom stereocenters. The first kappa shape index (κ1) is 13.9. The van der Waals surface area contributed by atoms with Gasteiger partial charge in [-0.15, -0.1) is 11.3 Å². The van der Waals surface area contributed by atoms with Crippen molar-refractivity contribution in [2.45, 2.75) is 32.4 Å². The highest BCUT2D eigenvalue weighted by Crippen LogP contribution is 2.30. The largest absolute Gasteiger partial charge is 0.444 e. The van der Waals surface area contributed by atoms with Crippen molar-refractivity contribution in [1.82, 2.24) is 9.88 Å². The van der Waals surface area contributed by atoms with Crippen molar-refractivity contribution in [3.8, 4) is 0 Å². The van der Waals surface area contributed by atoms with Gasteiger partial charge in [0.2, 0.25) is 0 Å². The molecule has 0 saturated heterocycles. The third-order valence-corrected chi connectivity index (χ3v) is 3.50. The monoisotopic (exact) mass is 281 g/mol. The van der Waals surface area contributed by atoms with Crippen LogP contribution in [0.25, 0.3) is 0 Å². The van der Waals surface area contributed by atoms with Gasteiger partial charge in [-0.05, 0) is 20.8 Å². The molecular formula is C13H19N3O2S. The lowest BCUT2D eigenvalue weighted by molar-refractivity contribution is 0.0238. The van der Waals surface area contributed by atoms with Crippen molar-refractivity contribution in [3.63, 3.8) is 0 Å². The highest BCUT2D eigenvalue weighted by Gasteiger charge is 2.31. The van der Waals surface area contributed by atoms with E-state index in [0.717, 1.165) is 10.8 Å². The predicted molar refractivity (Wildman–Crippen MR) is 76.5 cm³/mol. The number of nitrogens with zero attached hydrogens (tertiary/aromatic N) is 2. The minimum absolute atomic E-state index is 0.131. The Hall–Kier alpha value is -1.56. The minimum Gasteiger partial charge on any atom is -0.444 e. The molecule has 6 heteroatoms. The number of ether oxygens (including phenoxy) is 1. The van der Waals surface area contributed by atoms with Gasteiger partial charge in [0.05, 0.1) is 11.7 Å². The second-order valence-corrected chi connectivity index (χ2v) is 6.19. The van der Waals surface area contributed by atoms with Crippen LogP contribution in [0.2, 0.25) is 0 Å². The highest BCUT2D eigenvalue weighted by molar-refractivity contribution is 7.13. The number of thiazole rings is 1. The molecule has 1 N–H and O–H groups in total. The molecule has 5 nitrogen and oxygen atoms in total. The standard InChI is InChI=1S/C13H19N3O2S/c1-13(2,3)18-12(17)16-7-5-6-10(16)9-8-19-11(14-4)15-9/h5-6,8,10H,7H2,1-4H3,(H,14,15)/t10-/m0/s1. The maximum Gasteiger partial charge on any atom is 0.411 e. The number of rotatable bonds is 2. The molecule has 0 bridgehead atoms. The van der Waals surface area contributed by atoms with E-state index in [4.69, 9.17) is 4.74 Å². The molecule has 1 aliphatic heterocycles. The first-order valence-corrected chi connectivity index (χ1v) is 7.08. The van der Waals surface area contributed by atoms with Crippen LogP contribution in [-0.4, -0.2) is 35.2 Å². The maximum absolute atomic E-state index is 12.1. The van der Waals surface area contributed by atoms with Crippen LogP contribution in [0.15, 0.2) is 17.5 Å². The van der Waals surface area contributed by atoms with Crippen molar-refractivity contribution in [1.29, 1.82) is 0 Å². The maximum atomic E-state index is 12.1. The van der Waals surface area contributed by atoms with Crippen molar-refractivity contribution < 1.29 is 9.53 Å². The van der Waals surface area contributed by atoms with Gasteiger partial charge in [-0.2, -0.15) is 0 Å². The first-order valence-electron chi connectivity index (χ1n) is 6.20. The zero-order chi connectivity index (χ0) is 14.0. The summed E-state index contributed by atoms with van der Waals surface area (Å²) in [5.74, 6) is 0. The van der Waals surface area contributed by atoms with Gasteiger partial charge < -0.3 is 10.1 Å². The van der Waals surface area contributed by atoms with Gasteiger partial charge >= 0.3 is 6.09 Å². The lowest BCUT2D eigenvalue weighted by Crippen LogP contribution is -2.36. The van der Waals surface area contributed by atoms with Crippen LogP contribution in [0.1, 0.15) is 32.5 Å². The van der Waals surface area contributed by atoms with E-state index >= 15 is 0 Å². The summed E-state index contributed by atoms with van der Waals surface area (Å²) in [4.78, 5) is 18.3. The van der Waals surface area contributed by atoms with E-state index < -0.39 is 5.60 Å². The van der Waals surface area contributed by atoms with Crippen molar-refractivity contribution in [3.05, 3.63) is 23.2 Å². The first-order chi connectivity index (χ1) is 8.90. The predicted octanol–water partition coefficient (Wildman–Crippen LogP) is 3.03. The summed E-state index contributed by atoms with van der Waals surface area (Å²) in [7, 11) is 1.83. The molecule has 1 amide bonds. The summed E-state index contributed by atoms with van der Waals surface area (Å²) in [6, 6.07) is -0.131. The number of hydrogen-bond acceptors (Lipinski definition) is 5. The molecule has 0 aliphatic carbocycles. The molecule has 0 saturated carbocycles. The van der Waals surface area contributed by atoms with E-state index in [1.165, 1.54) is 11.3 Å². The lowest BCUT2D eigenvalue weighted by Gasteiger charge is -2.27. The van der Waals surface area contributed by atoms with Crippen molar-refractivity contribution in [2.75, 3.05) is 18.9 Å². The molecule has 19 heavy (non-hydrogen) atoms. The number of carbonyl (C=O) groups is 1. The van der Waals surface area contributed by atoms with E-state index in [1.807, 2.05) is 45.4 Å². The molecule has 1 aliphatic rings. The quantitative estimate of drug-likeness (QED) is 0.847. The molecular weight excluding hydrogens is 262 g/mol. The van der Waals surface area contributed by atoms with Crippen molar-refractivity contribution >= 4 is 22.6 Å². The summed E-state index contributed by atoms with van der Waals surface area (Å²) < 4.78 is 5.41. The van der Waals surface area contributed by atoms with Gasteiger partial charge in [-0.1, -0.05) is 12.2 Å². The summed E-state index contributed by atoms with van der Waals surface area (Å²) in [5, 5.41) is 5.81. The van der Waals surface area contributed by atoms with Crippen LogP contribution in [-0.2, 0) is 4.74 Å². The summed E-state index contributed by atoms with van der Waals surface area (Å²) in [6.07, 6.45) is 3.65. The SMILES string of the molecule is CNc1nc([C@@H]2C=CCN2C(=O)OC(C)(C)C)cs1.